The first-order valence-electron chi connectivity index (χ1n) is 10.1. The van der Waals surface area contributed by atoms with Gasteiger partial charge in [0, 0.05) is 30.4 Å². The van der Waals surface area contributed by atoms with Crippen molar-refractivity contribution in [3.63, 3.8) is 0 Å². The number of aromatic nitrogens is 2. The Bertz CT molecular complexity index is 882. The first-order valence-corrected chi connectivity index (χ1v) is 10.1. The highest BCUT2D eigenvalue weighted by Crippen LogP contribution is 2.31. The number of aryl methyl sites for hydroxylation is 2. The van der Waals surface area contributed by atoms with E-state index in [1.54, 1.807) is 7.11 Å². The molecule has 1 aliphatic carbocycles. The largest absolute Gasteiger partial charge is 0.497 e. The van der Waals surface area contributed by atoms with Crippen LogP contribution in [-0.2, 0) is 30.5 Å². The molecule has 0 bridgehead atoms. The van der Waals surface area contributed by atoms with Crippen molar-refractivity contribution in [2.75, 3.05) is 20.3 Å². The standard InChI is InChI=1S/C22H27N3O3/c1-14-18-5-3-4-6-19(18)25-21(24-14)9-10-23-22(26)16-11-15-7-8-17(27-2)12-20(15)28-13-16/h7-8,12,16H,3-6,9-11,13H2,1-2H3,(H,23,26)/t16-/m0/s1. The highest BCUT2D eigenvalue weighted by atomic mass is 16.5. The number of nitrogens with zero attached hydrogens (tertiary/aromatic N) is 2. The summed E-state index contributed by atoms with van der Waals surface area (Å²) in [5.41, 5.74) is 4.67. The minimum absolute atomic E-state index is 0.0242. The zero-order valence-corrected chi connectivity index (χ0v) is 16.6. The van der Waals surface area contributed by atoms with E-state index < -0.39 is 0 Å². The van der Waals surface area contributed by atoms with Gasteiger partial charge in [0.25, 0.3) is 0 Å². The van der Waals surface area contributed by atoms with Gasteiger partial charge in [0.1, 0.15) is 23.9 Å². The molecule has 1 aromatic carbocycles. The zero-order chi connectivity index (χ0) is 19.5. The predicted octanol–water partition coefficient (Wildman–Crippen LogP) is 2.58. The van der Waals surface area contributed by atoms with Gasteiger partial charge < -0.3 is 14.8 Å². The van der Waals surface area contributed by atoms with Crippen molar-refractivity contribution < 1.29 is 14.3 Å². The number of rotatable bonds is 5. The van der Waals surface area contributed by atoms with E-state index in [1.807, 2.05) is 18.2 Å². The van der Waals surface area contributed by atoms with E-state index in [-0.39, 0.29) is 11.8 Å². The number of carbonyl (C=O) groups is 1. The van der Waals surface area contributed by atoms with E-state index in [4.69, 9.17) is 14.5 Å². The van der Waals surface area contributed by atoms with Crippen LogP contribution in [0.25, 0.3) is 0 Å². The third-order valence-electron chi connectivity index (χ3n) is 5.64. The van der Waals surface area contributed by atoms with Crippen LogP contribution < -0.4 is 14.8 Å². The summed E-state index contributed by atoms with van der Waals surface area (Å²) in [5, 5.41) is 3.03. The summed E-state index contributed by atoms with van der Waals surface area (Å²) in [5.74, 6) is 2.25. The van der Waals surface area contributed by atoms with E-state index in [0.29, 0.717) is 26.0 Å². The molecule has 2 aromatic rings. The lowest BCUT2D eigenvalue weighted by atomic mass is 9.95. The molecule has 1 atom stereocenters. The Balaban J connectivity index is 1.32. The van der Waals surface area contributed by atoms with Gasteiger partial charge in [0.2, 0.25) is 5.91 Å². The van der Waals surface area contributed by atoms with Gasteiger partial charge in [-0.05, 0) is 56.2 Å². The molecule has 0 radical (unpaired) electrons. The number of ether oxygens (including phenoxy) is 2. The van der Waals surface area contributed by atoms with Gasteiger partial charge in [-0.2, -0.15) is 0 Å². The van der Waals surface area contributed by atoms with E-state index in [9.17, 15) is 4.79 Å². The number of nitrogens with one attached hydrogen (secondary N) is 1. The number of methoxy groups -OCH3 is 1. The minimum atomic E-state index is -0.174. The second-order valence-electron chi connectivity index (χ2n) is 7.58. The van der Waals surface area contributed by atoms with Crippen LogP contribution in [0.15, 0.2) is 18.2 Å². The number of hydrogen-bond acceptors (Lipinski definition) is 5. The Kier molecular flexibility index (Phi) is 5.46. The molecular weight excluding hydrogens is 354 g/mol. The maximum absolute atomic E-state index is 12.6. The number of fused-ring (bicyclic) bond motifs is 2. The Morgan fingerprint density at radius 3 is 3.00 bits per heavy atom. The molecule has 2 heterocycles. The Hall–Kier alpha value is -2.63. The van der Waals surface area contributed by atoms with Crippen molar-refractivity contribution in [1.29, 1.82) is 0 Å². The van der Waals surface area contributed by atoms with E-state index in [0.717, 1.165) is 41.4 Å². The number of amides is 1. The molecular formula is C22H27N3O3. The summed E-state index contributed by atoms with van der Waals surface area (Å²) < 4.78 is 11.0. The van der Waals surface area contributed by atoms with Crippen LogP contribution in [0, 0.1) is 12.8 Å². The van der Waals surface area contributed by atoms with Gasteiger partial charge in [-0.25, -0.2) is 9.97 Å². The zero-order valence-electron chi connectivity index (χ0n) is 16.6. The molecule has 6 heteroatoms. The lowest BCUT2D eigenvalue weighted by Crippen LogP contribution is -2.38. The molecule has 1 aliphatic heterocycles. The Morgan fingerprint density at radius 1 is 1.29 bits per heavy atom. The van der Waals surface area contributed by atoms with Crippen molar-refractivity contribution in [3.05, 3.63) is 46.5 Å². The van der Waals surface area contributed by atoms with Crippen LogP contribution in [-0.4, -0.2) is 36.1 Å². The SMILES string of the molecule is COc1ccc2c(c1)OC[C@@H](C(=O)NCCc1nc(C)c3c(n1)CCCC3)C2. The summed E-state index contributed by atoms with van der Waals surface area (Å²) in [6, 6.07) is 5.74. The van der Waals surface area contributed by atoms with E-state index in [1.165, 1.54) is 24.1 Å². The normalized spacial score (nSPS) is 17.9. The molecule has 2 aliphatic rings. The van der Waals surface area contributed by atoms with Crippen molar-refractivity contribution >= 4 is 5.91 Å². The molecule has 0 spiro atoms. The summed E-state index contributed by atoms with van der Waals surface area (Å²) >= 11 is 0. The molecule has 0 fully saturated rings. The van der Waals surface area contributed by atoms with Crippen molar-refractivity contribution in [3.8, 4) is 11.5 Å². The predicted molar refractivity (Wildman–Crippen MR) is 106 cm³/mol. The van der Waals surface area contributed by atoms with Gasteiger partial charge in [-0.15, -0.1) is 0 Å². The van der Waals surface area contributed by atoms with E-state index >= 15 is 0 Å². The summed E-state index contributed by atoms with van der Waals surface area (Å²) in [4.78, 5) is 21.9. The highest BCUT2D eigenvalue weighted by Gasteiger charge is 2.26. The second kappa shape index (κ2) is 8.17. The molecule has 1 aromatic heterocycles. The van der Waals surface area contributed by atoms with Crippen LogP contribution >= 0.6 is 0 Å². The number of benzene rings is 1. The molecule has 148 valence electrons. The number of hydrogen-bond donors (Lipinski definition) is 1. The first-order chi connectivity index (χ1) is 13.6. The molecule has 6 nitrogen and oxygen atoms in total. The van der Waals surface area contributed by atoms with Crippen molar-refractivity contribution in [2.45, 2.75) is 45.4 Å². The van der Waals surface area contributed by atoms with Crippen molar-refractivity contribution in [2.24, 2.45) is 5.92 Å². The third-order valence-corrected chi connectivity index (χ3v) is 5.64. The lowest BCUT2D eigenvalue weighted by molar-refractivity contribution is -0.126. The molecule has 0 unspecified atom stereocenters. The van der Waals surface area contributed by atoms with Gasteiger partial charge in [-0.1, -0.05) is 6.07 Å². The van der Waals surface area contributed by atoms with Crippen LogP contribution in [0.5, 0.6) is 11.5 Å². The highest BCUT2D eigenvalue weighted by molar-refractivity contribution is 5.79. The molecule has 1 N–H and O–H groups in total. The Labute approximate surface area is 165 Å². The first kappa shape index (κ1) is 18.7. The van der Waals surface area contributed by atoms with Gasteiger partial charge >= 0.3 is 0 Å². The molecule has 4 rings (SSSR count). The fourth-order valence-corrected chi connectivity index (χ4v) is 4.05. The average molecular weight is 381 g/mol. The van der Waals surface area contributed by atoms with Crippen LogP contribution in [0.3, 0.4) is 0 Å². The summed E-state index contributed by atoms with van der Waals surface area (Å²) in [6.07, 6.45) is 5.90. The molecule has 1 amide bonds. The van der Waals surface area contributed by atoms with E-state index in [2.05, 4.69) is 17.2 Å². The molecule has 0 saturated heterocycles. The van der Waals surface area contributed by atoms with Crippen molar-refractivity contribution in [1.82, 2.24) is 15.3 Å². The second-order valence-corrected chi connectivity index (χ2v) is 7.58. The molecule has 0 saturated carbocycles. The third kappa shape index (κ3) is 3.96. The summed E-state index contributed by atoms with van der Waals surface area (Å²) in [7, 11) is 1.63. The van der Waals surface area contributed by atoms with Crippen LogP contribution in [0.2, 0.25) is 0 Å². The van der Waals surface area contributed by atoms with Gasteiger partial charge in [0.15, 0.2) is 0 Å². The van der Waals surface area contributed by atoms with Gasteiger partial charge in [0.05, 0.1) is 13.0 Å². The summed E-state index contributed by atoms with van der Waals surface area (Å²) in [6.45, 7) is 3.00. The topological polar surface area (TPSA) is 73.3 Å². The minimum Gasteiger partial charge on any atom is -0.497 e. The monoisotopic (exact) mass is 381 g/mol. The fraction of sp³-hybridized carbons (Fsp3) is 0.500. The maximum atomic E-state index is 12.6. The smallest absolute Gasteiger partial charge is 0.226 e. The molecule has 28 heavy (non-hydrogen) atoms. The Morgan fingerprint density at radius 2 is 2.14 bits per heavy atom. The fourth-order valence-electron chi connectivity index (χ4n) is 4.05. The van der Waals surface area contributed by atoms with Crippen LogP contribution in [0.1, 0.15) is 41.2 Å². The van der Waals surface area contributed by atoms with Crippen LogP contribution in [0.4, 0.5) is 0 Å². The average Bonchev–Trinajstić information content (AvgIpc) is 2.73. The quantitative estimate of drug-likeness (QED) is 0.862. The maximum Gasteiger partial charge on any atom is 0.226 e. The van der Waals surface area contributed by atoms with Gasteiger partial charge in [-0.3, -0.25) is 4.79 Å². The number of carbonyl (C=O) groups excluding carboxylic acids is 1. The lowest BCUT2D eigenvalue weighted by Gasteiger charge is -2.25.